The number of hydrogen-bond acceptors (Lipinski definition) is 4. The van der Waals surface area contributed by atoms with E-state index in [-0.39, 0.29) is 18.3 Å². The van der Waals surface area contributed by atoms with Gasteiger partial charge in [-0.05, 0) is 13.0 Å². The van der Waals surface area contributed by atoms with Crippen LogP contribution >= 0.6 is 0 Å². The number of nitrogens with two attached hydrogens (primary N) is 1. The Morgan fingerprint density at radius 1 is 1.56 bits per heavy atom. The monoisotopic (exact) mass is 222 g/mol. The molecule has 0 saturated carbocycles. The predicted molar refractivity (Wildman–Crippen MR) is 55.5 cm³/mol. The van der Waals surface area contributed by atoms with E-state index in [9.17, 15) is 4.39 Å². The molecule has 0 aromatic carbocycles. The van der Waals surface area contributed by atoms with Crippen molar-refractivity contribution in [1.29, 1.82) is 0 Å². The SMILES string of the molecule is Cc1cc(Oc2nccc(CN)c2F)n[nH]1. The van der Waals surface area contributed by atoms with Crippen molar-refractivity contribution >= 4 is 0 Å². The Kier molecular flexibility index (Phi) is 2.82. The molecule has 0 aliphatic heterocycles. The lowest BCUT2D eigenvalue weighted by Gasteiger charge is -2.04. The summed E-state index contributed by atoms with van der Waals surface area (Å²) in [6.07, 6.45) is 1.44. The Labute approximate surface area is 91.5 Å². The number of halogens is 1. The summed E-state index contributed by atoms with van der Waals surface area (Å²) in [5, 5.41) is 6.51. The van der Waals surface area contributed by atoms with E-state index in [0.29, 0.717) is 5.56 Å². The van der Waals surface area contributed by atoms with Crippen LogP contribution in [0.15, 0.2) is 18.3 Å². The molecule has 84 valence electrons. The zero-order valence-corrected chi connectivity index (χ0v) is 8.70. The Balaban J connectivity index is 2.28. The minimum atomic E-state index is -0.550. The van der Waals surface area contributed by atoms with Crippen LogP contribution < -0.4 is 10.5 Å². The maximum atomic E-state index is 13.7. The van der Waals surface area contributed by atoms with Crippen molar-refractivity contribution in [1.82, 2.24) is 15.2 Å². The van der Waals surface area contributed by atoms with Gasteiger partial charge in [-0.3, -0.25) is 5.10 Å². The second-order valence-electron chi connectivity index (χ2n) is 3.28. The molecule has 0 spiro atoms. The lowest BCUT2D eigenvalue weighted by molar-refractivity contribution is 0.405. The van der Waals surface area contributed by atoms with Crippen molar-refractivity contribution < 1.29 is 9.13 Å². The minimum absolute atomic E-state index is 0.101. The average molecular weight is 222 g/mol. The van der Waals surface area contributed by atoms with Crippen LogP contribution in [0.2, 0.25) is 0 Å². The second-order valence-corrected chi connectivity index (χ2v) is 3.28. The van der Waals surface area contributed by atoms with Crippen molar-refractivity contribution in [3.8, 4) is 11.8 Å². The van der Waals surface area contributed by atoms with E-state index in [2.05, 4.69) is 15.2 Å². The molecule has 6 heteroatoms. The van der Waals surface area contributed by atoms with E-state index in [0.717, 1.165) is 5.69 Å². The molecule has 0 fully saturated rings. The number of hydrogen-bond donors (Lipinski definition) is 2. The van der Waals surface area contributed by atoms with Gasteiger partial charge >= 0.3 is 0 Å². The van der Waals surface area contributed by atoms with E-state index in [1.165, 1.54) is 12.3 Å². The van der Waals surface area contributed by atoms with Crippen molar-refractivity contribution in [2.75, 3.05) is 0 Å². The molecule has 2 rings (SSSR count). The number of pyridine rings is 1. The van der Waals surface area contributed by atoms with Crippen LogP contribution in [0.25, 0.3) is 0 Å². The van der Waals surface area contributed by atoms with Gasteiger partial charge in [-0.1, -0.05) is 0 Å². The fourth-order valence-corrected chi connectivity index (χ4v) is 1.24. The minimum Gasteiger partial charge on any atom is -0.416 e. The van der Waals surface area contributed by atoms with Gasteiger partial charge in [0.2, 0.25) is 5.88 Å². The van der Waals surface area contributed by atoms with Crippen LogP contribution in [-0.4, -0.2) is 15.2 Å². The standard InChI is InChI=1S/C10H11FN4O/c1-6-4-8(15-14-6)16-10-9(11)7(5-12)2-3-13-10/h2-4H,5,12H2,1H3,(H,14,15). The molecule has 0 aliphatic rings. The number of ether oxygens (including phenoxy) is 1. The molecule has 0 bridgehead atoms. The van der Waals surface area contributed by atoms with Gasteiger partial charge in [0.15, 0.2) is 5.82 Å². The molecular weight excluding hydrogens is 211 g/mol. The molecule has 5 nitrogen and oxygen atoms in total. The molecule has 2 aromatic rings. The lowest BCUT2D eigenvalue weighted by atomic mass is 10.2. The third kappa shape index (κ3) is 2.01. The molecule has 0 unspecified atom stereocenters. The Bertz CT molecular complexity index is 497. The summed E-state index contributed by atoms with van der Waals surface area (Å²) in [7, 11) is 0. The first-order valence-electron chi connectivity index (χ1n) is 4.74. The van der Waals surface area contributed by atoms with Crippen LogP contribution in [0.4, 0.5) is 4.39 Å². The number of aromatic nitrogens is 3. The van der Waals surface area contributed by atoms with E-state index in [1.54, 1.807) is 6.07 Å². The Hall–Kier alpha value is -1.95. The Morgan fingerprint density at radius 2 is 2.38 bits per heavy atom. The number of nitrogens with zero attached hydrogens (tertiary/aromatic N) is 2. The molecule has 2 heterocycles. The van der Waals surface area contributed by atoms with Crippen LogP contribution in [0.5, 0.6) is 11.8 Å². The maximum absolute atomic E-state index is 13.7. The highest BCUT2D eigenvalue weighted by atomic mass is 19.1. The summed E-state index contributed by atoms with van der Waals surface area (Å²) in [6.45, 7) is 1.92. The molecular formula is C10H11FN4O. The van der Waals surface area contributed by atoms with E-state index < -0.39 is 5.82 Å². The van der Waals surface area contributed by atoms with Gasteiger partial charge in [0.25, 0.3) is 5.88 Å². The van der Waals surface area contributed by atoms with Gasteiger partial charge in [-0.25, -0.2) is 9.37 Å². The molecule has 0 saturated heterocycles. The summed E-state index contributed by atoms with van der Waals surface area (Å²) in [4.78, 5) is 3.78. The fraction of sp³-hybridized carbons (Fsp3) is 0.200. The topological polar surface area (TPSA) is 76.8 Å². The van der Waals surface area contributed by atoms with Gasteiger partial charge in [0.1, 0.15) is 0 Å². The smallest absolute Gasteiger partial charge is 0.257 e. The number of rotatable bonds is 3. The predicted octanol–water partition coefficient (Wildman–Crippen LogP) is 1.50. The van der Waals surface area contributed by atoms with Crippen LogP contribution in [0.3, 0.4) is 0 Å². The van der Waals surface area contributed by atoms with E-state index in [1.807, 2.05) is 6.92 Å². The third-order valence-corrected chi connectivity index (χ3v) is 2.04. The molecule has 0 aliphatic carbocycles. The first-order valence-corrected chi connectivity index (χ1v) is 4.74. The normalized spacial score (nSPS) is 10.4. The lowest BCUT2D eigenvalue weighted by Crippen LogP contribution is -2.02. The first kappa shape index (κ1) is 10.6. The van der Waals surface area contributed by atoms with Gasteiger partial charge in [-0.15, -0.1) is 5.10 Å². The summed E-state index contributed by atoms with van der Waals surface area (Å²) in [5.74, 6) is -0.391. The number of H-pyrrole nitrogens is 1. The summed E-state index contributed by atoms with van der Waals surface area (Å²) < 4.78 is 18.8. The largest absolute Gasteiger partial charge is 0.416 e. The van der Waals surface area contributed by atoms with Crippen LogP contribution in [0, 0.1) is 12.7 Å². The number of nitrogens with one attached hydrogen (secondary N) is 1. The zero-order chi connectivity index (χ0) is 11.5. The molecule has 16 heavy (non-hydrogen) atoms. The van der Waals surface area contributed by atoms with Crippen molar-refractivity contribution in [3.63, 3.8) is 0 Å². The molecule has 0 radical (unpaired) electrons. The third-order valence-electron chi connectivity index (χ3n) is 2.04. The zero-order valence-electron chi connectivity index (χ0n) is 8.70. The average Bonchev–Trinajstić information content (AvgIpc) is 2.67. The van der Waals surface area contributed by atoms with Crippen molar-refractivity contribution in [2.45, 2.75) is 13.5 Å². The summed E-state index contributed by atoms with van der Waals surface area (Å²) >= 11 is 0. The van der Waals surface area contributed by atoms with Gasteiger partial charge in [0, 0.05) is 30.1 Å². The highest BCUT2D eigenvalue weighted by Crippen LogP contribution is 2.22. The van der Waals surface area contributed by atoms with Gasteiger partial charge in [0.05, 0.1) is 0 Å². The van der Waals surface area contributed by atoms with Crippen LogP contribution in [-0.2, 0) is 6.54 Å². The maximum Gasteiger partial charge on any atom is 0.257 e. The van der Waals surface area contributed by atoms with E-state index >= 15 is 0 Å². The molecule has 0 atom stereocenters. The quantitative estimate of drug-likeness (QED) is 0.825. The number of aromatic amines is 1. The van der Waals surface area contributed by atoms with E-state index in [4.69, 9.17) is 10.5 Å². The summed E-state index contributed by atoms with van der Waals surface area (Å²) in [6, 6.07) is 3.16. The molecule has 0 amide bonds. The highest BCUT2D eigenvalue weighted by Gasteiger charge is 2.11. The van der Waals surface area contributed by atoms with Gasteiger partial charge < -0.3 is 10.5 Å². The van der Waals surface area contributed by atoms with Crippen molar-refractivity contribution in [3.05, 3.63) is 35.4 Å². The fourth-order valence-electron chi connectivity index (χ4n) is 1.24. The van der Waals surface area contributed by atoms with Crippen molar-refractivity contribution in [2.24, 2.45) is 5.73 Å². The van der Waals surface area contributed by atoms with Gasteiger partial charge in [-0.2, -0.15) is 0 Å². The molecule has 3 N–H and O–H groups in total. The van der Waals surface area contributed by atoms with Crippen LogP contribution in [0.1, 0.15) is 11.3 Å². The number of aryl methyl sites for hydroxylation is 1. The highest BCUT2D eigenvalue weighted by molar-refractivity contribution is 5.27. The first-order chi connectivity index (χ1) is 7.70. The Morgan fingerprint density at radius 3 is 3.00 bits per heavy atom. The molecule has 2 aromatic heterocycles. The second kappa shape index (κ2) is 4.28. The summed E-state index contributed by atoms with van der Waals surface area (Å²) in [5.41, 5.74) is 6.55.